The minimum atomic E-state index is -0.361. The van der Waals surface area contributed by atoms with Crippen molar-refractivity contribution in [3.05, 3.63) is 33.9 Å². The summed E-state index contributed by atoms with van der Waals surface area (Å²) in [5.74, 6) is 0. The van der Waals surface area contributed by atoms with Gasteiger partial charge in [-0.25, -0.2) is 0 Å². The minimum Gasteiger partial charge on any atom is -0.379 e. The average molecular weight is 290 g/mol. The maximum Gasteiger partial charge on any atom is 0.292 e. The summed E-state index contributed by atoms with van der Waals surface area (Å²) in [6, 6.07) is 7.36. The topological polar surface area (TPSA) is 82.2 Å². The fourth-order valence-corrected chi connectivity index (χ4v) is 2.04. The van der Waals surface area contributed by atoms with Gasteiger partial charge in [-0.3, -0.25) is 15.0 Å². The van der Waals surface area contributed by atoms with E-state index in [1.165, 1.54) is 6.07 Å². The molecule has 21 heavy (non-hydrogen) atoms. The van der Waals surface area contributed by atoms with E-state index < -0.39 is 0 Å². The lowest BCUT2D eigenvalue weighted by atomic mass is 10.1. The third kappa shape index (κ3) is 4.72. The van der Waals surface area contributed by atoms with Gasteiger partial charge in [-0.15, -0.1) is 0 Å². The molecule has 1 atom stereocenters. The van der Waals surface area contributed by atoms with Crippen LogP contribution in [-0.2, 0) is 6.54 Å². The van der Waals surface area contributed by atoms with Gasteiger partial charge < -0.3 is 5.32 Å². The predicted molar refractivity (Wildman–Crippen MR) is 83.0 cm³/mol. The largest absolute Gasteiger partial charge is 0.379 e. The van der Waals surface area contributed by atoms with Crippen LogP contribution in [-0.4, -0.2) is 29.5 Å². The Morgan fingerprint density at radius 1 is 1.52 bits per heavy atom. The van der Waals surface area contributed by atoms with Gasteiger partial charge in [-0.05, 0) is 26.0 Å². The lowest BCUT2D eigenvalue weighted by Gasteiger charge is -2.24. The van der Waals surface area contributed by atoms with Crippen LogP contribution in [0.15, 0.2) is 18.2 Å². The number of nitrogens with zero attached hydrogens (tertiary/aromatic N) is 3. The Bertz CT molecular complexity index is 525. The first-order chi connectivity index (χ1) is 10.0. The van der Waals surface area contributed by atoms with Gasteiger partial charge >= 0.3 is 0 Å². The molecule has 1 N–H and O–H groups in total. The fraction of sp³-hybridized carbons (Fsp3) is 0.533. The molecule has 6 nitrogen and oxygen atoms in total. The van der Waals surface area contributed by atoms with Crippen molar-refractivity contribution < 1.29 is 4.92 Å². The highest BCUT2D eigenvalue weighted by Crippen LogP contribution is 2.29. The molecule has 6 heteroatoms. The molecule has 1 rings (SSSR count). The molecule has 0 saturated heterocycles. The number of nitriles is 1. The number of benzene rings is 1. The molecule has 0 saturated carbocycles. The molecule has 1 unspecified atom stereocenters. The number of anilines is 1. The molecule has 0 aliphatic rings. The van der Waals surface area contributed by atoms with Crippen LogP contribution >= 0.6 is 0 Å². The van der Waals surface area contributed by atoms with E-state index in [9.17, 15) is 10.1 Å². The third-order valence-electron chi connectivity index (χ3n) is 3.44. The molecule has 0 fully saturated rings. The van der Waals surface area contributed by atoms with E-state index in [0.29, 0.717) is 25.2 Å². The quantitative estimate of drug-likeness (QED) is 0.587. The Kier molecular flexibility index (Phi) is 6.63. The van der Waals surface area contributed by atoms with E-state index in [2.05, 4.69) is 11.4 Å². The lowest BCUT2D eigenvalue weighted by molar-refractivity contribution is -0.384. The zero-order chi connectivity index (χ0) is 15.8. The number of nitro benzene ring substituents is 1. The zero-order valence-corrected chi connectivity index (χ0v) is 12.8. The Labute approximate surface area is 125 Å². The van der Waals surface area contributed by atoms with Gasteiger partial charge in [-0.1, -0.05) is 19.1 Å². The highest BCUT2D eigenvalue weighted by Gasteiger charge is 2.19. The Balaban J connectivity index is 3.02. The van der Waals surface area contributed by atoms with E-state index in [0.717, 1.165) is 12.0 Å². The van der Waals surface area contributed by atoms with Gasteiger partial charge in [0.15, 0.2) is 0 Å². The van der Waals surface area contributed by atoms with Crippen molar-refractivity contribution in [3.8, 4) is 6.07 Å². The summed E-state index contributed by atoms with van der Waals surface area (Å²) in [7, 11) is 1.92. The van der Waals surface area contributed by atoms with E-state index in [1.54, 1.807) is 6.07 Å². The van der Waals surface area contributed by atoms with Crippen LogP contribution in [0.5, 0.6) is 0 Å². The molecule has 0 aromatic heterocycles. The van der Waals surface area contributed by atoms with E-state index >= 15 is 0 Å². The van der Waals surface area contributed by atoms with Gasteiger partial charge in [0.1, 0.15) is 5.69 Å². The highest BCUT2D eigenvalue weighted by atomic mass is 16.6. The van der Waals surface area contributed by atoms with E-state index in [1.807, 2.05) is 31.9 Å². The first-order valence-electron chi connectivity index (χ1n) is 7.08. The molecule has 1 aromatic carbocycles. The molecule has 0 amide bonds. The zero-order valence-electron chi connectivity index (χ0n) is 12.8. The maximum absolute atomic E-state index is 11.2. The summed E-state index contributed by atoms with van der Waals surface area (Å²) in [5.41, 5.74) is 1.56. The number of nitro groups is 1. The average Bonchev–Trinajstić information content (AvgIpc) is 2.45. The smallest absolute Gasteiger partial charge is 0.292 e. The molecule has 114 valence electrons. The van der Waals surface area contributed by atoms with Crippen LogP contribution in [0.25, 0.3) is 0 Å². The van der Waals surface area contributed by atoms with Crippen LogP contribution in [0.2, 0.25) is 0 Å². The van der Waals surface area contributed by atoms with Gasteiger partial charge in [0.05, 0.1) is 17.4 Å². The van der Waals surface area contributed by atoms with Gasteiger partial charge in [0, 0.05) is 25.2 Å². The third-order valence-corrected chi connectivity index (χ3v) is 3.44. The number of nitrogens with one attached hydrogen (secondary N) is 1. The predicted octanol–water partition coefficient (Wildman–Crippen LogP) is 3.15. The molecule has 0 heterocycles. The van der Waals surface area contributed by atoms with Gasteiger partial charge in [0.2, 0.25) is 0 Å². The molecule has 0 aliphatic heterocycles. The maximum atomic E-state index is 11.2. The SMILES string of the molecule is CCCNc1c(CN(C)C(C)CC#N)cccc1[N+](=O)[O-]. The number of rotatable bonds is 8. The Morgan fingerprint density at radius 3 is 2.81 bits per heavy atom. The summed E-state index contributed by atoms with van der Waals surface area (Å²) >= 11 is 0. The molecule has 0 spiro atoms. The minimum absolute atomic E-state index is 0.0993. The molecular formula is C15H22N4O2. The molecular weight excluding hydrogens is 268 g/mol. The summed E-state index contributed by atoms with van der Waals surface area (Å²) in [4.78, 5) is 12.8. The second kappa shape index (κ2) is 8.22. The van der Waals surface area contributed by atoms with Crippen LogP contribution in [0.1, 0.15) is 32.3 Å². The van der Waals surface area contributed by atoms with Crippen molar-refractivity contribution in [2.75, 3.05) is 18.9 Å². The van der Waals surface area contributed by atoms with Crippen LogP contribution in [0.4, 0.5) is 11.4 Å². The molecule has 1 aromatic rings. The molecule has 0 aliphatic carbocycles. The molecule has 0 bridgehead atoms. The summed E-state index contributed by atoms with van der Waals surface area (Å²) in [5, 5.41) is 23.1. The Morgan fingerprint density at radius 2 is 2.24 bits per heavy atom. The first-order valence-corrected chi connectivity index (χ1v) is 7.08. The second-order valence-corrected chi connectivity index (χ2v) is 5.12. The molecule has 0 radical (unpaired) electrons. The number of hydrogen-bond acceptors (Lipinski definition) is 5. The normalized spacial score (nSPS) is 12.0. The van der Waals surface area contributed by atoms with E-state index in [4.69, 9.17) is 5.26 Å². The highest BCUT2D eigenvalue weighted by molar-refractivity contribution is 5.66. The van der Waals surface area contributed by atoms with Crippen molar-refractivity contribution in [2.45, 2.75) is 39.3 Å². The monoisotopic (exact) mass is 290 g/mol. The van der Waals surface area contributed by atoms with Crippen LogP contribution in [0, 0.1) is 21.4 Å². The van der Waals surface area contributed by atoms with Crippen molar-refractivity contribution in [2.24, 2.45) is 0 Å². The van der Waals surface area contributed by atoms with Crippen molar-refractivity contribution in [1.29, 1.82) is 5.26 Å². The van der Waals surface area contributed by atoms with E-state index in [-0.39, 0.29) is 16.7 Å². The first kappa shape index (κ1) is 16.9. The van der Waals surface area contributed by atoms with Crippen molar-refractivity contribution >= 4 is 11.4 Å². The lowest BCUT2D eigenvalue weighted by Crippen LogP contribution is -2.28. The second-order valence-electron chi connectivity index (χ2n) is 5.12. The van der Waals surface area contributed by atoms with Crippen LogP contribution < -0.4 is 5.32 Å². The van der Waals surface area contributed by atoms with Crippen LogP contribution in [0.3, 0.4) is 0 Å². The van der Waals surface area contributed by atoms with Gasteiger partial charge in [0.25, 0.3) is 5.69 Å². The van der Waals surface area contributed by atoms with Crippen molar-refractivity contribution in [1.82, 2.24) is 4.90 Å². The number of hydrogen-bond donors (Lipinski definition) is 1. The Hall–Kier alpha value is -2.13. The number of para-hydroxylation sites is 1. The summed E-state index contributed by atoms with van der Waals surface area (Å²) in [6.07, 6.45) is 1.33. The summed E-state index contributed by atoms with van der Waals surface area (Å²) < 4.78 is 0. The fourth-order valence-electron chi connectivity index (χ4n) is 2.04. The van der Waals surface area contributed by atoms with Gasteiger partial charge in [-0.2, -0.15) is 5.26 Å². The standard InChI is InChI=1S/C15H22N4O2/c1-4-10-17-15-13(6-5-7-14(15)19(20)21)11-18(3)12(2)8-9-16/h5-7,12,17H,4,8,10-11H2,1-3H3. The summed E-state index contributed by atoms with van der Waals surface area (Å²) in [6.45, 7) is 5.24. The van der Waals surface area contributed by atoms with Crippen molar-refractivity contribution in [3.63, 3.8) is 0 Å².